The van der Waals surface area contributed by atoms with Gasteiger partial charge < -0.3 is 4.90 Å². The van der Waals surface area contributed by atoms with Crippen molar-refractivity contribution in [2.75, 3.05) is 5.75 Å². The van der Waals surface area contributed by atoms with Crippen LogP contribution >= 0.6 is 23.1 Å². The summed E-state index contributed by atoms with van der Waals surface area (Å²) in [4.78, 5) is 26.3. The van der Waals surface area contributed by atoms with Gasteiger partial charge in [-0.15, -0.1) is 11.3 Å². The van der Waals surface area contributed by atoms with Gasteiger partial charge >= 0.3 is 0 Å². The number of thiophene rings is 1. The zero-order valence-corrected chi connectivity index (χ0v) is 16.5. The Morgan fingerprint density at radius 3 is 2.71 bits per heavy atom. The number of aromatic nitrogens is 2. The second kappa shape index (κ2) is 7.40. The molecule has 0 radical (unpaired) electrons. The summed E-state index contributed by atoms with van der Waals surface area (Å²) >= 11 is 3.29. The molecule has 2 unspecified atom stereocenters. The average Bonchev–Trinajstić information content (AvgIpc) is 2.95. The molecule has 2 aromatic rings. The predicted octanol–water partition coefficient (Wildman–Crippen LogP) is 4.44. The van der Waals surface area contributed by atoms with Crippen LogP contribution in [0, 0.1) is 6.92 Å². The van der Waals surface area contributed by atoms with E-state index in [9.17, 15) is 4.79 Å². The highest BCUT2D eigenvalue weighted by Gasteiger charge is 2.28. The molecule has 2 aromatic heterocycles. The minimum absolute atomic E-state index is 0.232. The first kappa shape index (κ1) is 17.7. The van der Waals surface area contributed by atoms with Crippen molar-refractivity contribution in [2.45, 2.75) is 70.5 Å². The van der Waals surface area contributed by atoms with E-state index in [1.165, 1.54) is 11.3 Å². The van der Waals surface area contributed by atoms with Crippen molar-refractivity contribution in [3.8, 4) is 0 Å². The fourth-order valence-electron chi connectivity index (χ4n) is 3.45. The molecule has 4 nitrogen and oxygen atoms in total. The molecule has 1 aliphatic heterocycles. The maximum atomic E-state index is 12.7. The van der Waals surface area contributed by atoms with E-state index in [0.29, 0.717) is 17.8 Å². The molecular formula is C18H25N3OS2. The van der Waals surface area contributed by atoms with Gasteiger partial charge in [-0.05, 0) is 52.5 Å². The van der Waals surface area contributed by atoms with Gasteiger partial charge in [0.1, 0.15) is 15.7 Å². The van der Waals surface area contributed by atoms with Crippen LogP contribution in [0.1, 0.15) is 50.7 Å². The topological polar surface area (TPSA) is 46.1 Å². The number of carbonyl (C=O) groups excluding carboxylic acids is 1. The third kappa shape index (κ3) is 3.59. The molecule has 1 fully saturated rings. The molecule has 1 amide bonds. The first-order valence-electron chi connectivity index (χ1n) is 8.70. The molecule has 24 heavy (non-hydrogen) atoms. The summed E-state index contributed by atoms with van der Waals surface area (Å²) in [6.45, 7) is 8.40. The lowest BCUT2D eigenvalue weighted by Gasteiger charge is -2.39. The van der Waals surface area contributed by atoms with Crippen LogP contribution in [-0.4, -0.2) is 38.6 Å². The molecule has 0 N–H and O–H groups in total. The van der Waals surface area contributed by atoms with E-state index in [-0.39, 0.29) is 5.91 Å². The number of thioether (sulfide) groups is 1. The van der Waals surface area contributed by atoms with Crippen LogP contribution in [-0.2, 0) is 11.2 Å². The minimum Gasteiger partial charge on any atom is -0.337 e. The van der Waals surface area contributed by atoms with Gasteiger partial charge in [-0.2, -0.15) is 0 Å². The van der Waals surface area contributed by atoms with Crippen LogP contribution in [0.25, 0.3) is 10.2 Å². The Labute approximate surface area is 152 Å². The average molecular weight is 364 g/mol. The number of aryl methyl sites for hydroxylation is 2. The molecule has 6 heteroatoms. The van der Waals surface area contributed by atoms with Crippen molar-refractivity contribution in [3.63, 3.8) is 0 Å². The number of likely N-dealkylation sites (tertiary alicyclic amines) is 1. The molecule has 2 atom stereocenters. The Morgan fingerprint density at radius 2 is 2.04 bits per heavy atom. The van der Waals surface area contributed by atoms with Gasteiger partial charge in [0.25, 0.3) is 0 Å². The van der Waals surface area contributed by atoms with E-state index in [2.05, 4.69) is 41.7 Å². The highest BCUT2D eigenvalue weighted by Crippen LogP contribution is 2.32. The standard InChI is InChI=1S/C18H25N3OS2/c1-5-14-9-15-17(19-13(4)20-18(15)24-14)23-10-16(22)21-11(2)7-6-8-12(21)3/h9,11-12H,5-8,10H2,1-4H3. The lowest BCUT2D eigenvalue weighted by Crippen LogP contribution is -2.48. The van der Waals surface area contributed by atoms with Crippen molar-refractivity contribution in [3.05, 3.63) is 16.8 Å². The smallest absolute Gasteiger partial charge is 0.233 e. The molecule has 0 aromatic carbocycles. The second-order valence-electron chi connectivity index (χ2n) is 6.58. The second-order valence-corrected chi connectivity index (χ2v) is 8.66. The number of nitrogens with zero attached hydrogens (tertiary/aromatic N) is 3. The maximum absolute atomic E-state index is 12.7. The predicted molar refractivity (Wildman–Crippen MR) is 102 cm³/mol. The molecule has 3 heterocycles. The van der Waals surface area contributed by atoms with Gasteiger partial charge in [0.15, 0.2) is 0 Å². The zero-order valence-electron chi connectivity index (χ0n) is 14.8. The summed E-state index contributed by atoms with van der Waals surface area (Å²) in [7, 11) is 0. The SMILES string of the molecule is CCc1cc2c(SCC(=O)N3C(C)CCCC3C)nc(C)nc2s1. The molecule has 1 aliphatic rings. The molecule has 3 rings (SSSR count). The molecule has 0 spiro atoms. The van der Waals surface area contributed by atoms with Crippen LogP contribution in [0.5, 0.6) is 0 Å². The summed E-state index contributed by atoms with van der Waals surface area (Å²) < 4.78 is 0. The van der Waals surface area contributed by atoms with Gasteiger partial charge in [-0.25, -0.2) is 9.97 Å². The number of amides is 1. The molecule has 0 aliphatic carbocycles. The van der Waals surface area contributed by atoms with Gasteiger partial charge in [-0.3, -0.25) is 4.79 Å². The van der Waals surface area contributed by atoms with Crippen LogP contribution in [0.3, 0.4) is 0 Å². The first-order chi connectivity index (χ1) is 11.5. The Balaban J connectivity index is 1.77. The zero-order chi connectivity index (χ0) is 17.3. The van der Waals surface area contributed by atoms with Crippen molar-refractivity contribution >= 4 is 39.2 Å². The molecule has 0 saturated carbocycles. The van der Waals surface area contributed by atoms with E-state index in [1.54, 1.807) is 23.1 Å². The van der Waals surface area contributed by atoms with Gasteiger partial charge in [0.05, 0.1) is 5.75 Å². The first-order valence-corrected chi connectivity index (χ1v) is 10.5. The van der Waals surface area contributed by atoms with Crippen molar-refractivity contribution in [1.82, 2.24) is 14.9 Å². The third-order valence-corrected chi connectivity index (χ3v) is 6.83. The minimum atomic E-state index is 0.232. The van der Waals surface area contributed by atoms with E-state index >= 15 is 0 Å². The lowest BCUT2D eigenvalue weighted by atomic mass is 9.98. The van der Waals surface area contributed by atoms with Gasteiger partial charge in [0, 0.05) is 22.3 Å². The highest BCUT2D eigenvalue weighted by molar-refractivity contribution is 8.00. The summed E-state index contributed by atoms with van der Waals surface area (Å²) in [5.74, 6) is 1.47. The monoisotopic (exact) mass is 363 g/mol. The molecule has 1 saturated heterocycles. The van der Waals surface area contributed by atoms with E-state index in [1.807, 2.05) is 6.92 Å². The largest absolute Gasteiger partial charge is 0.337 e. The Morgan fingerprint density at radius 1 is 1.33 bits per heavy atom. The fraction of sp³-hybridized carbons (Fsp3) is 0.611. The van der Waals surface area contributed by atoms with E-state index < -0.39 is 0 Å². The fourth-order valence-corrected chi connectivity index (χ4v) is 5.44. The van der Waals surface area contributed by atoms with Crippen LogP contribution in [0.15, 0.2) is 11.1 Å². The van der Waals surface area contributed by atoms with Gasteiger partial charge in [0.2, 0.25) is 5.91 Å². The lowest BCUT2D eigenvalue weighted by molar-refractivity contribution is -0.134. The summed E-state index contributed by atoms with van der Waals surface area (Å²) in [6.07, 6.45) is 4.45. The Hall–Kier alpha value is -1.14. The quantitative estimate of drug-likeness (QED) is 0.595. The summed E-state index contributed by atoms with van der Waals surface area (Å²) in [5, 5.41) is 2.04. The van der Waals surface area contributed by atoms with E-state index in [4.69, 9.17) is 0 Å². The van der Waals surface area contributed by atoms with Crippen LogP contribution in [0.4, 0.5) is 0 Å². The van der Waals surface area contributed by atoms with Crippen LogP contribution < -0.4 is 0 Å². The molecular weight excluding hydrogens is 338 g/mol. The molecule has 0 bridgehead atoms. The number of carbonyl (C=O) groups is 1. The summed E-state index contributed by atoms with van der Waals surface area (Å²) in [5.41, 5.74) is 0. The van der Waals surface area contributed by atoms with Crippen molar-refractivity contribution in [2.24, 2.45) is 0 Å². The maximum Gasteiger partial charge on any atom is 0.233 e. The normalized spacial score (nSPS) is 21.4. The number of rotatable bonds is 4. The summed E-state index contributed by atoms with van der Waals surface area (Å²) in [6, 6.07) is 2.88. The number of fused-ring (bicyclic) bond motifs is 1. The highest BCUT2D eigenvalue weighted by atomic mass is 32.2. The van der Waals surface area contributed by atoms with Crippen LogP contribution in [0.2, 0.25) is 0 Å². The van der Waals surface area contributed by atoms with Crippen molar-refractivity contribution < 1.29 is 4.79 Å². The molecule has 130 valence electrons. The van der Waals surface area contributed by atoms with E-state index in [0.717, 1.165) is 40.3 Å². The Kier molecular flexibility index (Phi) is 5.45. The number of hydrogen-bond donors (Lipinski definition) is 0. The Bertz CT molecular complexity index is 733. The number of piperidine rings is 1. The number of hydrogen-bond acceptors (Lipinski definition) is 5. The third-order valence-electron chi connectivity index (χ3n) is 4.68. The van der Waals surface area contributed by atoms with Crippen molar-refractivity contribution in [1.29, 1.82) is 0 Å². The van der Waals surface area contributed by atoms with Gasteiger partial charge in [-0.1, -0.05) is 18.7 Å².